The Hall–Kier alpha value is -1.07. The number of rotatable bonds is 5. The lowest BCUT2D eigenvalue weighted by molar-refractivity contribution is 0.0722. The Kier molecular flexibility index (Phi) is 5.44. The van der Waals surface area contributed by atoms with Gasteiger partial charge in [-0.2, -0.15) is 0 Å². The molecule has 0 atom stereocenters. The maximum absolute atomic E-state index is 12.2. The quantitative estimate of drug-likeness (QED) is 0.816. The molecule has 0 saturated heterocycles. The van der Waals surface area contributed by atoms with E-state index >= 15 is 0 Å². The molecule has 4 nitrogen and oxygen atoms in total. The molecule has 0 saturated carbocycles. The van der Waals surface area contributed by atoms with Crippen molar-refractivity contribution in [3.05, 3.63) is 28.2 Å². The number of nitrogen functional groups attached to an aromatic ring is 1. The standard InChI is InChI=1S/C12H17BrN2O2/c1-2-3-15(4-5-16)12(17)9-6-10(13)8-11(14)7-9/h6-8,16H,2-5,14H2,1H3. The second kappa shape index (κ2) is 6.61. The lowest BCUT2D eigenvalue weighted by Crippen LogP contribution is -2.34. The number of aliphatic hydroxyl groups is 1. The fourth-order valence-electron chi connectivity index (χ4n) is 1.62. The minimum atomic E-state index is -0.103. The minimum Gasteiger partial charge on any atom is -0.399 e. The summed E-state index contributed by atoms with van der Waals surface area (Å²) in [7, 11) is 0. The number of hydrogen-bond donors (Lipinski definition) is 2. The Morgan fingerprint density at radius 3 is 2.65 bits per heavy atom. The van der Waals surface area contributed by atoms with Gasteiger partial charge in [0.1, 0.15) is 0 Å². The van der Waals surface area contributed by atoms with Gasteiger partial charge in [0.05, 0.1) is 6.61 Å². The molecule has 5 heteroatoms. The first-order valence-corrected chi connectivity index (χ1v) is 6.34. The third-order valence-corrected chi connectivity index (χ3v) is 2.78. The molecule has 0 fully saturated rings. The molecule has 0 spiro atoms. The van der Waals surface area contributed by atoms with Crippen LogP contribution in [0.25, 0.3) is 0 Å². The van der Waals surface area contributed by atoms with E-state index in [4.69, 9.17) is 10.8 Å². The topological polar surface area (TPSA) is 66.6 Å². The summed E-state index contributed by atoms with van der Waals surface area (Å²) in [5, 5.41) is 8.94. The Balaban J connectivity index is 2.92. The Morgan fingerprint density at radius 2 is 2.12 bits per heavy atom. The maximum atomic E-state index is 12.2. The van der Waals surface area contributed by atoms with E-state index in [1.807, 2.05) is 6.92 Å². The van der Waals surface area contributed by atoms with E-state index in [0.29, 0.717) is 24.3 Å². The molecule has 0 aliphatic carbocycles. The van der Waals surface area contributed by atoms with Gasteiger partial charge >= 0.3 is 0 Å². The van der Waals surface area contributed by atoms with Crippen LogP contribution in [0.3, 0.4) is 0 Å². The zero-order chi connectivity index (χ0) is 12.8. The third-order valence-electron chi connectivity index (χ3n) is 2.32. The minimum absolute atomic E-state index is 0.0325. The van der Waals surface area contributed by atoms with Crippen LogP contribution in [-0.4, -0.2) is 35.6 Å². The van der Waals surface area contributed by atoms with Crippen LogP contribution in [0.15, 0.2) is 22.7 Å². The highest BCUT2D eigenvalue weighted by Gasteiger charge is 2.15. The third kappa shape index (κ3) is 4.02. The van der Waals surface area contributed by atoms with Crippen LogP contribution in [-0.2, 0) is 0 Å². The van der Waals surface area contributed by atoms with Crippen molar-refractivity contribution in [2.45, 2.75) is 13.3 Å². The molecule has 1 amide bonds. The molecule has 17 heavy (non-hydrogen) atoms. The number of nitrogens with two attached hydrogens (primary N) is 1. The van der Waals surface area contributed by atoms with Crippen molar-refractivity contribution in [2.75, 3.05) is 25.4 Å². The first-order valence-electron chi connectivity index (χ1n) is 5.54. The van der Waals surface area contributed by atoms with Gasteiger partial charge in [0.25, 0.3) is 5.91 Å². The lowest BCUT2D eigenvalue weighted by atomic mass is 10.1. The van der Waals surface area contributed by atoms with Gasteiger partial charge in [-0.15, -0.1) is 0 Å². The molecular weight excluding hydrogens is 284 g/mol. The summed E-state index contributed by atoms with van der Waals surface area (Å²) in [4.78, 5) is 13.8. The summed E-state index contributed by atoms with van der Waals surface area (Å²) in [6.07, 6.45) is 0.856. The number of benzene rings is 1. The van der Waals surface area contributed by atoms with E-state index in [0.717, 1.165) is 10.9 Å². The van der Waals surface area contributed by atoms with Crippen LogP contribution in [0.2, 0.25) is 0 Å². The van der Waals surface area contributed by atoms with E-state index in [-0.39, 0.29) is 12.5 Å². The largest absolute Gasteiger partial charge is 0.399 e. The normalized spacial score (nSPS) is 10.3. The number of amides is 1. The zero-order valence-electron chi connectivity index (χ0n) is 9.82. The van der Waals surface area contributed by atoms with Crippen molar-refractivity contribution in [2.24, 2.45) is 0 Å². The van der Waals surface area contributed by atoms with Crippen molar-refractivity contribution in [3.63, 3.8) is 0 Å². The molecule has 0 heterocycles. The van der Waals surface area contributed by atoms with Crippen LogP contribution in [0.4, 0.5) is 5.69 Å². The van der Waals surface area contributed by atoms with Crippen LogP contribution in [0.1, 0.15) is 23.7 Å². The summed E-state index contributed by atoms with van der Waals surface area (Å²) in [6.45, 7) is 2.94. The number of carbonyl (C=O) groups excluding carboxylic acids is 1. The molecule has 0 aliphatic rings. The van der Waals surface area contributed by atoms with E-state index in [9.17, 15) is 4.79 Å². The van der Waals surface area contributed by atoms with Crippen molar-refractivity contribution in [1.82, 2.24) is 4.90 Å². The molecule has 0 aliphatic heterocycles. The zero-order valence-corrected chi connectivity index (χ0v) is 11.4. The number of aliphatic hydroxyl groups excluding tert-OH is 1. The van der Waals surface area contributed by atoms with Gasteiger partial charge in [-0.05, 0) is 24.6 Å². The van der Waals surface area contributed by atoms with Gasteiger partial charge in [0.15, 0.2) is 0 Å². The second-order valence-corrected chi connectivity index (χ2v) is 4.70. The van der Waals surface area contributed by atoms with Gasteiger partial charge in [-0.25, -0.2) is 0 Å². The van der Waals surface area contributed by atoms with E-state index in [2.05, 4.69) is 15.9 Å². The fourth-order valence-corrected chi connectivity index (χ4v) is 2.13. The van der Waals surface area contributed by atoms with Crippen LogP contribution in [0.5, 0.6) is 0 Å². The average molecular weight is 301 g/mol. The summed E-state index contributed by atoms with van der Waals surface area (Å²) in [5.74, 6) is -0.103. The fraction of sp³-hybridized carbons (Fsp3) is 0.417. The number of nitrogens with zero attached hydrogens (tertiary/aromatic N) is 1. The number of anilines is 1. The Labute approximate surface area is 110 Å². The van der Waals surface area contributed by atoms with Crippen LogP contribution < -0.4 is 5.73 Å². The molecule has 1 rings (SSSR count). The number of hydrogen-bond acceptors (Lipinski definition) is 3. The Bertz CT molecular complexity index is 370. The Morgan fingerprint density at radius 1 is 1.41 bits per heavy atom. The van der Waals surface area contributed by atoms with E-state index < -0.39 is 0 Å². The summed E-state index contributed by atoms with van der Waals surface area (Å²) >= 11 is 3.31. The molecule has 0 aromatic heterocycles. The van der Waals surface area contributed by atoms with E-state index in [1.54, 1.807) is 23.1 Å². The van der Waals surface area contributed by atoms with Gasteiger partial charge in [0.2, 0.25) is 0 Å². The van der Waals surface area contributed by atoms with Crippen LogP contribution >= 0.6 is 15.9 Å². The molecule has 0 bridgehead atoms. The molecule has 1 aromatic carbocycles. The molecule has 1 aromatic rings. The molecule has 94 valence electrons. The highest BCUT2D eigenvalue weighted by atomic mass is 79.9. The molecule has 0 unspecified atom stereocenters. The first kappa shape index (κ1) is 14.0. The number of carbonyl (C=O) groups is 1. The van der Waals surface area contributed by atoms with Crippen LogP contribution in [0, 0.1) is 0 Å². The van der Waals surface area contributed by atoms with E-state index in [1.165, 1.54) is 0 Å². The van der Waals surface area contributed by atoms with Gasteiger partial charge in [0, 0.05) is 28.8 Å². The van der Waals surface area contributed by atoms with Crippen molar-refractivity contribution in [3.8, 4) is 0 Å². The predicted octanol–water partition coefficient (Wildman–Crippen LogP) is 1.88. The highest BCUT2D eigenvalue weighted by Crippen LogP contribution is 2.18. The maximum Gasteiger partial charge on any atom is 0.254 e. The van der Waals surface area contributed by atoms with Gasteiger partial charge < -0.3 is 15.7 Å². The summed E-state index contributed by atoms with van der Waals surface area (Å²) in [6, 6.07) is 5.12. The van der Waals surface area contributed by atoms with Crippen molar-refractivity contribution < 1.29 is 9.90 Å². The molecular formula is C12H17BrN2O2. The van der Waals surface area contributed by atoms with Crippen molar-refractivity contribution in [1.29, 1.82) is 0 Å². The highest BCUT2D eigenvalue weighted by molar-refractivity contribution is 9.10. The smallest absolute Gasteiger partial charge is 0.254 e. The van der Waals surface area contributed by atoms with Crippen molar-refractivity contribution >= 4 is 27.5 Å². The SMILES string of the molecule is CCCN(CCO)C(=O)c1cc(N)cc(Br)c1. The molecule has 0 radical (unpaired) electrons. The lowest BCUT2D eigenvalue weighted by Gasteiger charge is -2.21. The number of halogens is 1. The first-order chi connectivity index (χ1) is 8.08. The van der Waals surface area contributed by atoms with Gasteiger partial charge in [-0.1, -0.05) is 22.9 Å². The molecule has 3 N–H and O–H groups in total. The average Bonchev–Trinajstić information content (AvgIpc) is 2.26. The van der Waals surface area contributed by atoms with Gasteiger partial charge in [-0.3, -0.25) is 4.79 Å². The monoisotopic (exact) mass is 300 g/mol. The summed E-state index contributed by atoms with van der Waals surface area (Å²) < 4.78 is 0.779. The predicted molar refractivity (Wildman–Crippen MR) is 71.8 cm³/mol. The summed E-state index contributed by atoms with van der Waals surface area (Å²) in [5.41, 5.74) is 6.78. The second-order valence-electron chi connectivity index (χ2n) is 3.79.